The Morgan fingerprint density at radius 3 is 2.78 bits per heavy atom. The van der Waals surface area contributed by atoms with Gasteiger partial charge in [-0.3, -0.25) is 14.5 Å². The fourth-order valence-electron chi connectivity index (χ4n) is 4.43. The molecule has 3 aliphatic rings. The van der Waals surface area contributed by atoms with E-state index in [1.807, 2.05) is 4.90 Å². The molecule has 1 aromatic rings. The standard InChI is InChI=1S/C24H27BrN4O3/c1-16-5-3-6-19(13-16)28-12-11-27(15-17(28)2)22(30)7-4-10-29-23(31)20-14-18(25)8-9-21(20)26-24(29)32/h3,5-6,8-9,13-14,17,20H,4,7,10-12,15H2,1-2H3. The Labute approximate surface area is 196 Å². The van der Waals surface area contributed by atoms with Crippen LogP contribution in [0.5, 0.6) is 0 Å². The van der Waals surface area contributed by atoms with Crippen molar-refractivity contribution in [2.45, 2.75) is 32.7 Å². The summed E-state index contributed by atoms with van der Waals surface area (Å²) in [6, 6.07) is 8.09. The molecule has 1 fully saturated rings. The predicted octanol–water partition coefficient (Wildman–Crippen LogP) is 3.68. The van der Waals surface area contributed by atoms with E-state index in [1.165, 1.54) is 11.3 Å². The number of aryl methyl sites for hydroxylation is 1. The van der Waals surface area contributed by atoms with Gasteiger partial charge in [0.25, 0.3) is 0 Å². The number of hydrogen-bond acceptors (Lipinski definition) is 4. The van der Waals surface area contributed by atoms with Gasteiger partial charge in [-0.1, -0.05) is 34.1 Å². The monoisotopic (exact) mass is 498 g/mol. The van der Waals surface area contributed by atoms with Crippen LogP contribution in [0.15, 0.2) is 52.0 Å². The molecule has 1 aliphatic carbocycles. The molecule has 0 spiro atoms. The van der Waals surface area contributed by atoms with E-state index in [0.717, 1.165) is 15.9 Å². The molecule has 2 aliphatic heterocycles. The zero-order valence-corrected chi connectivity index (χ0v) is 19.9. The van der Waals surface area contributed by atoms with Crippen LogP contribution in [0, 0.1) is 12.8 Å². The SMILES string of the molecule is Cc1cccc(N2CCN(C(=O)CCCN3C(=O)N=C4C=CC(Br)=CC4C3=O)CC2C)c1. The van der Waals surface area contributed by atoms with Gasteiger partial charge in [-0.05, 0) is 50.1 Å². The number of halogens is 1. The Morgan fingerprint density at radius 1 is 1.22 bits per heavy atom. The number of carbonyl (C=O) groups is 3. The average molecular weight is 499 g/mol. The molecule has 0 N–H and O–H groups in total. The number of amides is 4. The van der Waals surface area contributed by atoms with Crippen molar-refractivity contribution in [2.75, 3.05) is 31.1 Å². The lowest BCUT2D eigenvalue weighted by Crippen LogP contribution is -2.54. The minimum Gasteiger partial charge on any atom is -0.365 e. The molecule has 2 heterocycles. The maximum atomic E-state index is 12.8. The number of benzene rings is 1. The van der Waals surface area contributed by atoms with Crippen molar-refractivity contribution in [3.63, 3.8) is 0 Å². The van der Waals surface area contributed by atoms with Gasteiger partial charge in [-0.25, -0.2) is 4.79 Å². The molecule has 168 valence electrons. The number of urea groups is 1. The highest BCUT2D eigenvalue weighted by atomic mass is 79.9. The Balaban J connectivity index is 1.29. The molecule has 1 saturated heterocycles. The van der Waals surface area contributed by atoms with Crippen molar-refractivity contribution < 1.29 is 14.4 Å². The largest absolute Gasteiger partial charge is 0.365 e. The third-order valence-corrected chi connectivity index (χ3v) is 6.66. The molecule has 4 amide bonds. The summed E-state index contributed by atoms with van der Waals surface area (Å²) in [5.41, 5.74) is 2.87. The molecule has 0 bridgehead atoms. The van der Waals surface area contributed by atoms with Gasteiger partial charge < -0.3 is 9.80 Å². The smallest absolute Gasteiger partial charge is 0.350 e. The number of imide groups is 1. The van der Waals surface area contributed by atoms with Gasteiger partial charge in [0.15, 0.2) is 0 Å². The first kappa shape index (κ1) is 22.5. The molecule has 2 atom stereocenters. The first-order valence-electron chi connectivity index (χ1n) is 10.9. The molecule has 2 unspecified atom stereocenters. The predicted molar refractivity (Wildman–Crippen MR) is 128 cm³/mol. The fraction of sp³-hybridized carbons (Fsp3) is 0.417. The number of carbonyl (C=O) groups excluding carboxylic acids is 3. The molecule has 4 rings (SSSR count). The molecule has 8 heteroatoms. The summed E-state index contributed by atoms with van der Waals surface area (Å²) in [7, 11) is 0. The van der Waals surface area contributed by atoms with Crippen molar-refractivity contribution in [3.8, 4) is 0 Å². The Morgan fingerprint density at radius 2 is 2.03 bits per heavy atom. The highest BCUT2D eigenvalue weighted by molar-refractivity contribution is 9.11. The number of hydrogen-bond donors (Lipinski definition) is 0. The second-order valence-electron chi connectivity index (χ2n) is 8.50. The zero-order valence-electron chi connectivity index (χ0n) is 18.3. The summed E-state index contributed by atoms with van der Waals surface area (Å²) in [4.78, 5) is 47.3. The van der Waals surface area contributed by atoms with Crippen LogP contribution in [0.3, 0.4) is 0 Å². The number of piperazine rings is 1. The van der Waals surface area contributed by atoms with Crippen molar-refractivity contribution in [3.05, 3.63) is 52.5 Å². The van der Waals surface area contributed by atoms with Gasteiger partial charge in [-0.2, -0.15) is 4.99 Å². The minimum atomic E-state index is -0.551. The maximum absolute atomic E-state index is 12.8. The zero-order chi connectivity index (χ0) is 22.8. The maximum Gasteiger partial charge on any atom is 0.350 e. The minimum absolute atomic E-state index is 0.0603. The third-order valence-electron chi connectivity index (χ3n) is 6.13. The molecule has 7 nitrogen and oxygen atoms in total. The summed E-state index contributed by atoms with van der Waals surface area (Å²) < 4.78 is 0.790. The number of fused-ring (bicyclic) bond motifs is 1. The lowest BCUT2D eigenvalue weighted by molar-refractivity contribution is -0.133. The van der Waals surface area contributed by atoms with E-state index in [9.17, 15) is 14.4 Å². The second-order valence-corrected chi connectivity index (χ2v) is 9.41. The van der Waals surface area contributed by atoms with Crippen LogP contribution >= 0.6 is 15.9 Å². The molecule has 0 radical (unpaired) electrons. The van der Waals surface area contributed by atoms with Crippen LogP contribution in [-0.4, -0.2) is 65.6 Å². The molecule has 0 aromatic heterocycles. The number of rotatable bonds is 5. The van der Waals surface area contributed by atoms with E-state index < -0.39 is 11.9 Å². The van der Waals surface area contributed by atoms with Gasteiger partial charge in [0.2, 0.25) is 11.8 Å². The van der Waals surface area contributed by atoms with Crippen LogP contribution < -0.4 is 4.90 Å². The van der Waals surface area contributed by atoms with Crippen molar-refractivity contribution in [2.24, 2.45) is 10.9 Å². The Kier molecular flexibility index (Phi) is 6.60. The van der Waals surface area contributed by atoms with E-state index in [4.69, 9.17) is 0 Å². The molecular weight excluding hydrogens is 472 g/mol. The van der Waals surface area contributed by atoms with Gasteiger partial charge >= 0.3 is 6.03 Å². The Hall–Kier alpha value is -2.74. The van der Waals surface area contributed by atoms with Gasteiger partial charge in [0.1, 0.15) is 5.92 Å². The number of anilines is 1. The van der Waals surface area contributed by atoms with Crippen molar-refractivity contribution >= 4 is 45.2 Å². The highest BCUT2D eigenvalue weighted by Crippen LogP contribution is 2.25. The normalized spacial score (nSPS) is 23.2. The van der Waals surface area contributed by atoms with E-state index in [-0.39, 0.29) is 24.4 Å². The second kappa shape index (κ2) is 9.40. The highest BCUT2D eigenvalue weighted by Gasteiger charge is 2.36. The Bertz CT molecular complexity index is 1030. The summed E-state index contributed by atoms with van der Waals surface area (Å²) in [5.74, 6) is -0.766. The van der Waals surface area contributed by atoms with Crippen LogP contribution in [0.4, 0.5) is 10.5 Å². The van der Waals surface area contributed by atoms with E-state index >= 15 is 0 Å². The van der Waals surface area contributed by atoms with E-state index in [1.54, 1.807) is 18.2 Å². The molecule has 1 aromatic carbocycles. The van der Waals surface area contributed by atoms with E-state index in [0.29, 0.717) is 31.6 Å². The summed E-state index contributed by atoms with van der Waals surface area (Å²) in [6.07, 6.45) is 5.93. The molecule has 0 saturated carbocycles. The van der Waals surface area contributed by atoms with E-state index in [2.05, 4.69) is 63.9 Å². The number of aliphatic imine (C=N–C) groups is 1. The van der Waals surface area contributed by atoms with Crippen LogP contribution in [0.2, 0.25) is 0 Å². The van der Waals surface area contributed by atoms with Crippen LogP contribution in [-0.2, 0) is 9.59 Å². The summed E-state index contributed by atoms with van der Waals surface area (Å²) >= 11 is 3.37. The van der Waals surface area contributed by atoms with Crippen molar-refractivity contribution in [1.82, 2.24) is 9.80 Å². The lowest BCUT2D eigenvalue weighted by Gasteiger charge is -2.41. The quantitative estimate of drug-likeness (QED) is 0.620. The van der Waals surface area contributed by atoms with Gasteiger partial charge in [0.05, 0.1) is 5.71 Å². The van der Waals surface area contributed by atoms with Crippen LogP contribution in [0.25, 0.3) is 0 Å². The number of nitrogens with zero attached hydrogens (tertiary/aromatic N) is 4. The van der Waals surface area contributed by atoms with Gasteiger partial charge in [-0.15, -0.1) is 0 Å². The summed E-state index contributed by atoms with van der Waals surface area (Å²) in [6.45, 7) is 6.53. The fourth-order valence-corrected chi connectivity index (χ4v) is 4.83. The van der Waals surface area contributed by atoms with Gasteiger partial charge in [0, 0.05) is 48.8 Å². The third kappa shape index (κ3) is 4.70. The van der Waals surface area contributed by atoms with Crippen molar-refractivity contribution in [1.29, 1.82) is 0 Å². The van der Waals surface area contributed by atoms with Crippen LogP contribution in [0.1, 0.15) is 25.3 Å². The topological polar surface area (TPSA) is 73.3 Å². The molecular formula is C24H27BrN4O3. The first-order chi connectivity index (χ1) is 15.3. The molecule has 32 heavy (non-hydrogen) atoms. The summed E-state index contributed by atoms with van der Waals surface area (Å²) in [5, 5.41) is 0. The lowest BCUT2D eigenvalue weighted by atomic mass is 9.95. The number of allylic oxidation sites excluding steroid dienone is 3. The first-order valence-corrected chi connectivity index (χ1v) is 11.7. The average Bonchev–Trinajstić information content (AvgIpc) is 2.76.